The number of amides is 2. The normalized spacial score (nSPS) is 16.4. The lowest BCUT2D eigenvalue weighted by molar-refractivity contribution is -0.125. The van der Waals surface area contributed by atoms with Gasteiger partial charge in [-0.15, -0.1) is 0 Å². The Bertz CT molecular complexity index is 965. The zero-order valence-corrected chi connectivity index (χ0v) is 14.0. The monoisotopic (exact) mass is 354 g/mol. The molecule has 25 heavy (non-hydrogen) atoms. The van der Waals surface area contributed by atoms with Gasteiger partial charge in [-0.05, 0) is 36.4 Å². The third-order valence-corrected chi connectivity index (χ3v) is 4.48. The number of hydrogen-bond donors (Lipinski definition) is 2. The van der Waals surface area contributed by atoms with Gasteiger partial charge in [0.2, 0.25) is 17.8 Å². The van der Waals surface area contributed by atoms with Crippen molar-refractivity contribution in [2.75, 3.05) is 10.6 Å². The van der Waals surface area contributed by atoms with E-state index in [4.69, 9.17) is 11.6 Å². The van der Waals surface area contributed by atoms with Crippen molar-refractivity contribution in [3.05, 3.63) is 53.6 Å². The van der Waals surface area contributed by atoms with Crippen molar-refractivity contribution >= 4 is 46.1 Å². The highest BCUT2D eigenvalue weighted by Crippen LogP contribution is 2.26. The van der Waals surface area contributed by atoms with Crippen LogP contribution in [-0.2, 0) is 16.1 Å². The van der Waals surface area contributed by atoms with Gasteiger partial charge < -0.3 is 9.88 Å². The minimum Gasteiger partial charge on any atom is -0.326 e. The highest BCUT2D eigenvalue weighted by atomic mass is 35.5. The molecule has 0 spiro atoms. The van der Waals surface area contributed by atoms with E-state index in [0.717, 1.165) is 11.0 Å². The van der Waals surface area contributed by atoms with E-state index in [2.05, 4.69) is 15.6 Å². The molecule has 7 heteroatoms. The van der Waals surface area contributed by atoms with E-state index in [1.165, 1.54) is 0 Å². The van der Waals surface area contributed by atoms with E-state index in [9.17, 15) is 9.59 Å². The Morgan fingerprint density at radius 3 is 2.80 bits per heavy atom. The number of carbonyl (C=O) groups excluding carboxylic acids is 2. The van der Waals surface area contributed by atoms with Crippen molar-refractivity contribution in [3.8, 4) is 0 Å². The van der Waals surface area contributed by atoms with Gasteiger partial charge in [-0.1, -0.05) is 23.7 Å². The van der Waals surface area contributed by atoms with Crippen LogP contribution in [0.4, 0.5) is 11.6 Å². The maximum atomic E-state index is 12.3. The summed E-state index contributed by atoms with van der Waals surface area (Å²) in [6, 6.07) is 14.5. The number of anilines is 2. The van der Waals surface area contributed by atoms with E-state index in [0.29, 0.717) is 23.2 Å². The zero-order valence-electron chi connectivity index (χ0n) is 13.2. The van der Waals surface area contributed by atoms with E-state index < -0.39 is 5.92 Å². The van der Waals surface area contributed by atoms with Crippen LogP contribution in [0.2, 0.25) is 5.02 Å². The molecule has 6 nitrogen and oxygen atoms in total. The number of carbonyl (C=O) groups is 2. The molecule has 0 radical (unpaired) electrons. The third-order valence-electron chi connectivity index (χ3n) is 4.22. The first-order chi connectivity index (χ1) is 12.1. The lowest BCUT2D eigenvalue weighted by atomic mass is 10.0. The summed E-state index contributed by atoms with van der Waals surface area (Å²) < 4.78 is 1.94. The smallest absolute Gasteiger partial charge is 0.232 e. The van der Waals surface area contributed by atoms with Gasteiger partial charge in [0.05, 0.1) is 17.0 Å². The van der Waals surface area contributed by atoms with E-state index in [1.807, 2.05) is 28.8 Å². The first-order valence-corrected chi connectivity index (χ1v) is 8.29. The molecule has 2 aromatic carbocycles. The molecule has 2 N–H and O–H groups in total. The fraction of sp³-hybridized carbons (Fsp3) is 0.167. The maximum Gasteiger partial charge on any atom is 0.232 e. The number of rotatable bonds is 3. The van der Waals surface area contributed by atoms with E-state index in [1.54, 1.807) is 24.3 Å². The first kappa shape index (κ1) is 15.7. The number of aromatic nitrogens is 2. The number of halogens is 1. The molecule has 0 saturated heterocycles. The molecule has 1 aliphatic rings. The summed E-state index contributed by atoms with van der Waals surface area (Å²) in [5.41, 5.74) is 2.42. The fourth-order valence-corrected chi connectivity index (χ4v) is 3.12. The third kappa shape index (κ3) is 3.08. The Hall–Kier alpha value is -2.86. The van der Waals surface area contributed by atoms with Crippen LogP contribution in [0.3, 0.4) is 0 Å². The number of nitrogens with zero attached hydrogens (tertiary/aromatic N) is 2. The number of para-hydroxylation sites is 2. The molecule has 1 atom stereocenters. The van der Waals surface area contributed by atoms with Crippen LogP contribution in [0.15, 0.2) is 48.5 Å². The minimum absolute atomic E-state index is 0.0976. The summed E-state index contributed by atoms with van der Waals surface area (Å²) in [4.78, 5) is 29.0. The summed E-state index contributed by atoms with van der Waals surface area (Å²) in [6.45, 7) is 0.426. The van der Waals surface area contributed by atoms with Gasteiger partial charge in [-0.3, -0.25) is 14.9 Å². The van der Waals surface area contributed by atoms with Gasteiger partial charge in [0.1, 0.15) is 0 Å². The molecule has 126 valence electrons. The Balaban J connectivity index is 1.50. The molecule has 0 fully saturated rings. The minimum atomic E-state index is -0.447. The lowest BCUT2D eigenvalue weighted by Crippen LogP contribution is -2.35. The van der Waals surface area contributed by atoms with Crippen molar-refractivity contribution in [2.45, 2.75) is 13.0 Å². The molecule has 0 bridgehead atoms. The maximum absolute atomic E-state index is 12.3. The Morgan fingerprint density at radius 1 is 1.24 bits per heavy atom. The molecular formula is C18H15ClN4O2. The number of imidazole rings is 1. The largest absolute Gasteiger partial charge is 0.326 e. The van der Waals surface area contributed by atoms with Gasteiger partial charge in [0, 0.05) is 23.7 Å². The summed E-state index contributed by atoms with van der Waals surface area (Å²) in [6.07, 6.45) is 0.0976. The number of nitrogens with one attached hydrogen (secondary N) is 2. The average Bonchev–Trinajstić information content (AvgIpc) is 2.94. The molecule has 2 heterocycles. The summed E-state index contributed by atoms with van der Waals surface area (Å²) in [5, 5.41) is 6.18. The van der Waals surface area contributed by atoms with Gasteiger partial charge in [0.25, 0.3) is 0 Å². The Kier molecular flexibility index (Phi) is 3.89. The topological polar surface area (TPSA) is 76.0 Å². The van der Waals surface area contributed by atoms with Crippen molar-refractivity contribution in [2.24, 2.45) is 5.92 Å². The molecule has 0 saturated carbocycles. The molecule has 2 amide bonds. The SMILES string of the molecule is O=C(CC1Cn2c(nc3ccccc32)NC1=O)Nc1ccc(Cl)cc1. The molecule has 1 unspecified atom stereocenters. The second-order valence-corrected chi connectivity index (χ2v) is 6.42. The Labute approximate surface area is 148 Å². The zero-order chi connectivity index (χ0) is 17.4. The highest BCUT2D eigenvalue weighted by molar-refractivity contribution is 6.30. The van der Waals surface area contributed by atoms with Crippen LogP contribution in [-0.4, -0.2) is 21.4 Å². The van der Waals surface area contributed by atoms with E-state index >= 15 is 0 Å². The average molecular weight is 355 g/mol. The summed E-state index contributed by atoms with van der Waals surface area (Å²) >= 11 is 5.83. The van der Waals surface area contributed by atoms with Gasteiger partial charge in [-0.2, -0.15) is 0 Å². The van der Waals surface area contributed by atoms with E-state index in [-0.39, 0.29) is 18.2 Å². The molecular weight excluding hydrogens is 340 g/mol. The van der Waals surface area contributed by atoms with Gasteiger partial charge in [0.15, 0.2) is 0 Å². The van der Waals surface area contributed by atoms with Crippen molar-refractivity contribution < 1.29 is 9.59 Å². The quantitative estimate of drug-likeness (QED) is 0.757. The number of hydrogen-bond acceptors (Lipinski definition) is 3. The summed E-state index contributed by atoms with van der Waals surface area (Å²) in [7, 11) is 0. The second-order valence-electron chi connectivity index (χ2n) is 5.98. The second kappa shape index (κ2) is 6.22. The first-order valence-electron chi connectivity index (χ1n) is 7.92. The molecule has 4 rings (SSSR count). The summed E-state index contributed by atoms with van der Waals surface area (Å²) in [5.74, 6) is -0.317. The van der Waals surface area contributed by atoms with Crippen LogP contribution >= 0.6 is 11.6 Å². The standard InChI is InChI=1S/C18H15ClN4O2/c19-12-5-7-13(8-6-12)20-16(24)9-11-10-23-15-4-2-1-3-14(15)21-18(23)22-17(11)25/h1-8,11H,9-10H2,(H,20,24)(H,21,22,25). The molecule has 0 aliphatic carbocycles. The molecule has 1 aromatic heterocycles. The number of fused-ring (bicyclic) bond motifs is 3. The predicted molar refractivity (Wildman–Crippen MR) is 96.6 cm³/mol. The van der Waals surface area contributed by atoms with Crippen LogP contribution in [0.1, 0.15) is 6.42 Å². The van der Waals surface area contributed by atoms with Crippen LogP contribution in [0, 0.1) is 5.92 Å². The van der Waals surface area contributed by atoms with Crippen LogP contribution in [0.5, 0.6) is 0 Å². The van der Waals surface area contributed by atoms with Crippen molar-refractivity contribution in [1.29, 1.82) is 0 Å². The molecule has 1 aliphatic heterocycles. The van der Waals surface area contributed by atoms with Crippen LogP contribution in [0.25, 0.3) is 11.0 Å². The predicted octanol–water partition coefficient (Wildman–Crippen LogP) is 3.29. The van der Waals surface area contributed by atoms with Crippen molar-refractivity contribution in [3.63, 3.8) is 0 Å². The van der Waals surface area contributed by atoms with Crippen molar-refractivity contribution in [1.82, 2.24) is 9.55 Å². The van der Waals surface area contributed by atoms with Crippen LogP contribution < -0.4 is 10.6 Å². The highest BCUT2D eigenvalue weighted by Gasteiger charge is 2.30. The lowest BCUT2D eigenvalue weighted by Gasteiger charge is -2.23. The fourth-order valence-electron chi connectivity index (χ4n) is 3.00. The van der Waals surface area contributed by atoms with Gasteiger partial charge in [-0.25, -0.2) is 4.98 Å². The van der Waals surface area contributed by atoms with Gasteiger partial charge >= 0.3 is 0 Å². The number of benzene rings is 2. The molecule has 3 aromatic rings. The Morgan fingerprint density at radius 2 is 2.00 bits per heavy atom.